The summed E-state index contributed by atoms with van der Waals surface area (Å²) < 4.78 is 5.71. The second-order valence-electron chi connectivity index (χ2n) is 4.36. The number of rotatable bonds is 3. The fraction of sp³-hybridized carbons (Fsp3) is 0.667. The third-order valence-electron chi connectivity index (χ3n) is 3.13. The molecule has 16 heavy (non-hydrogen) atoms. The van der Waals surface area contributed by atoms with E-state index in [2.05, 4.69) is 17.9 Å². The molecule has 2 N–H and O–H groups in total. The average molecular weight is 240 g/mol. The molecule has 0 saturated carbocycles. The standard InChI is InChI=1S/C12H20N2OS/c1-9-8-16-6-5-14(9)11(7-13)12-4-3-10(2)15-12/h3-4,9,11H,5-8,13H2,1-2H3. The van der Waals surface area contributed by atoms with E-state index in [0.29, 0.717) is 12.6 Å². The maximum atomic E-state index is 5.90. The zero-order valence-electron chi connectivity index (χ0n) is 9.98. The van der Waals surface area contributed by atoms with E-state index in [4.69, 9.17) is 10.2 Å². The van der Waals surface area contributed by atoms with E-state index in [-0.39, 0.29) is 6.04 Å². The summed E-state index contributed by atoms with van der Waals surface area (Å²) in [6.45, 7) is 5.98. The number of hydrogen-bond acceptors (Lipinski definition) is 4. The van der Waals surface area contributed by atoms with E-state index in [9.17, 15) is 0 Å². The molecule has 0 aromatic carbocycles. The molecule has 2 unspecified atom stereocenters. The normalized spacial score (nSPS) is 24.6. The van der Waals surface area contributed by atoms with Crippen LogP contribution in [0.25, 0.3) is 0 Å². The molecular formula is C12H20N2OS. The van der Waals surface area contributed by atoms with Gasteiger partial charge < -0.3 is 10.2 Å². The zero-order chi connectivity index (χ0) is 11.5. The summed E-state index contributed by atoms with van der Waals surface area (Å²) in [4.78, 5) is 2.47. The van der Waals surface area contributed by atoms with Crippen LogP contribution in [0.15, 0.2) is 16.5 Å². The molecule has 1 aromatic rings. The predicted molar refractivity (Wildman–Crippen MR) is 68.7 cm³/mol. The van der Waals surface area contributed by atoms with Gasteiger partial charge in [0.25, 0.3) is 0 Å². The summed E-state index contributed by atoms with van der Waals surface area (Å²) in [6, 6.07) is 4.89. The van der Waals surface area contributed by atoms with E-state index in [1.54, 1.807) is 0 Å². The smallest absolute Gasteiger partial charge is 0.122 e. The van der Waals surface area contributed by atoms with Crippen LogP contribution in [0.4, 0.5) is 0 Å². The van der Waals surface area contributed by atoms with Crippen LogP contribution >= 0.6 is 11.8 Å². The maximum Gasteiger partial charge on any atom is 0.122 e. The predicted octanol–water partition coefficient (Wildman–Crippen LogP) is 2.03. The van der Waals surface area contributed by atoms with Crippen LogP contribution in [0, 0.1) is 6.92 Å². The van der Waals surface area contributed by atoms with E-state index in [1.807, 2.05) is 24.8 Å². The lowest BCUT2D eigenvalue weighted by molar-refractivity contribution is 0.146. The van der Waals surface area contributed by atoms with Crippen LogP contribution in [-0.4, -0.2) is 35.5 Å². The Morgan fingerprint density at radius 1 is 1.62 bits per heavy atom. The molecule has 1 aliphatic rings. The quantitative estimate of drug-likeness (QED) is 0.878. The minimum atomic E-state index is 0.240. The highest BCUT2D eigenvalue weighted by molar-refractivity contribution is 7.99. The van der Waals surface area contributed by atoms with Crippen molar-refractivity contribution < 1.29 is 4.42 Å². The molecule has 1 saturated heterocycles. The third kappa shape index (κ3) is 2.44. The third-order valence-corrected chi connectivity index (χ3v) is 4.32. The molecule has 90 valence electrons. The van der Waals surface area contributed by atoms with Gasteiger partial charge in [-0.15, -0.1) is 0 Å². The summed E-state index contributed by atoms with van der Waals surface area (Å²) in [5.74, 6) is 4.36. The molecule has 0 radical (unpaired) electrons. The minimum absolute atomic E-state index is 0.240. The second-order valence-corrected chi connectivity index (χ2v) is 5.51. The van der Waals surface area contributed by atoms with Crippen molar-refractivity contribution in [1.29, 1.82) is 0 Å². The van der Waals surface area contributed by atoms with E-state index < -0.39 is 0 Å². The largest absolute Gasteiger partial charge is 0.465 e. The van der Waals surface area contributed by atoms with Gasteiger partial charge in [0, 0.05) is 30.6 Å². The molecule has 0 spiro atoms. The van der Waals surface area contributed by atoms with Crippen molar-refractivity contribution in [3.8, 4) is 0 Å². The Labute approximate surface area is 101 Å². The van der Waals surface area contributed by atoms with E-state index in [0.717, 1.165) is 18.1 Å². The number of nitrogens with two attached hydrogens (primary N) is 1. The van der Waals surface area contributed by atoms with Crippen molar-refractivity contribution in [3.63, 3.8) is 0 Å². The lowest BCUT2D eigenvalue weighted by atomic mass is 10.1. The van der Waals surface area contributed by atoms with Gasteiger partial charge in [-0.3, -0.25) is 4.90 Å². The molecule has 2 heterocycles. The first kappa shape index (κ1) is 12.0. The van der Waals surface area contributed by atoms with Gasteiger partial charge in [-0.1, -0.05) is 0 Å². The van der Waals surface area contributed by atoms with Crippen molar-refractivity contribution in [2.45, 2.75) is 25.9 Å². The van der Waals surface area contributed by atoms with Crippen LogP contribution in [0.1, 0.15) is 24.5 Å². The molecule has 1 aromatic heterocycles. The highest BCUT2D eigenvalue weighted by atomic mass is 32.2. The van der Waals surface area contributed by atoms with E-state index in [1.165, 1.54) is 11.5 Å². The molecular weight excluding hydrogens is 220 g/mol. The summed E-state index contributed by atoms with van der Waals surface area (Å²) >= 11 is 2.02. The lowest BCUT2D eigenvalue weighted by Crippen LogP contribution is -2.45. The number of furan rings is 1. The first-order valence-electron chi connectivity index (χ1n) is 5.82. The molecule has 0 amide bonds. The number of thioether (sulfide) groups is 1. The van der Waals surface area contributed by atoms with Gasteiger partial charge in [0.15, 0.2) is 0 Å². The van der Waals surface area contributed by atoms with Crippen molar-refractivity contribution in [1.82, 2.24) is 4.90 Å². The Bertz CT molecular complexity index is 340. The minimum Gasteiger partial charge on any atom is -0.465 e. The monoisotopic (exact) mass is 240 g/mol. The molecule has 0 aliphatic carbocycles. The molecule has 1 aliphatic heterocycles. The van der Waals surface area contributed by atoms with Crippen molar-refractivity contribution >= 4 is 11.8 Å². The Kier molecular flexibility index (Phi) is 3.95. The Morgan fingerprint density at radius 3 is 3.00 bits per heavy atom. The van der Waals surface area contributed by atoms with Gasteiger partial charge >= 0.3 is 0 Å². The van der Waals surface area contributed by atoms with Gasteiger partial charge in [0.1, 0.15) is 11.5 Å². The van der Waals surface area contributed by atoms with Crippen molar-refractivity contribution in [2.24, 2.45) is 5.73 Å². The zero-order valence-corrected chi connectivity index (χ0v) is 10.8. The fourth-order valence-corrected chi connectivity index (χ4v) is 3.29. The van der Waals surface area contributed by atoms with Crippen LogP contribution in [0.2, 0.25) is 0 Å². The van der Waals surface area contributed by atoms with Gasteiger partial charge in [-0.2, -0.15) is 11.8 Å². The van der Waals surface area contributed by atoms with Gasteiger partial charge in [-0.05, 0) is 26.0 Å². The van der Waals surface area contributed by atoms with E-state index >= 15 is 0 Å². The Balaban J connectivity index is 2.14. The lowest BCUT2D eigenvalue weighted by Gasteiger charge is -2.37. The highest BCUT2D eigenvalue weighted by Gasteiger charge is 2.28. The first-order valence-corrected chi connectivity index (χ1v) is 6.97. The van der Waals surface area contributed by atoms with Crippen LogP contribution in [0.3, 0.4) is 0 Å². The van der Waals surface area contributed by atoms with Crippen molar-refractivity contribution in [2.75, 3.05) is 24.6 Å². The van der Waals surface area contributed by atoms with Crippen LogP contribution in [-0.2, 0) is 0 Å². The summed E-state index contributed by atoms with van der Waals surface area (Å²) in [5.41, 5.74) is 5.90. The highest BCUT2D eigenvalue weighted by Crippen LogP contribution is 2.28. The van der Waals surface area contributed by atoms with Crippen LogP contribution < -0.4 is 5.73 Å². The topological polar surface area (TPSA) is 42.4 Å². The molecule has 2 rings (SSSR count). The Morgan fingerprint density at radius 2 is 2.44 bits per heavy atom. The van der Waals surface area contributed by atoms with Crippen LogP contribution in [0.5, 0.6) is 0 Å². The summed E-state index contributed by atoms with van der Waals surface area (Å²) in [6.07, 6.45) is 0. The van der Waals surface area contributed by atoms with Gasteiger partial charge in [-0.25, -0.2) is 0 Å². The van der Waals surface area contributed by atoms with Gasteiger partial charge in [0.2, 0.25) is 0 Å². The SMILES string of the molecule is Cc1ccc(C(CN)N2CCSCC2C)o1. The molecule has 4 heteroatoms. The van der Waals surface area contributed by atoms with Gasteiger partial charge in [0.05, 0.1) is 6.04 Å². The first-order chi connectivity index (χ1) is 7.72. The number of aryl methyl sites for hydroxylation is 1. The maximum absolute atomic E-state index is 5.90. The second kappa shape index (κ2) is 5.25. The van der Waals surface area contributed by atoms with Crippen molar-refractivity contribution in [3.05, 3.63) is 23.7 Å². The molecule has 0 bridgehead atoms. The average Bonchev–Trinajstić information content (AvgIpc) is 2.69. The fourth-order valence-electron chi connectivity index (χ4n) is 2.25. The summed E-state index contributed by atoms with van der Waals surface area (Å²) in [5, 5.41) is 0. The number of nitrogens with zero attached hydrogens (tertiary/aromatic N) is 1. The molecule has 2 atom stereocenters. The number of hydrogen-bond donors (Lipinski definition) is 1. The Hall–Kier alpha value is -0.450. The molecule has 1 fully saturated rings. The molecule has 3 nitrogen and oxygen atoms in total. The summed E-state index contributed by atoms with van der Waals surface area (Å²) in [7, 11) is 0.